The monoisotopic (exact) mass is 455 g/mol. The number of anilines is 1. The average Bonchev–Trinajstić information content (AvgIpc) is 3.66. The minimum Gasteiger partial charge on any atom is -0.316 e. The summed E-state index contributed by atoms with van der Waals surface area (Å²) in [5.41, 5.74) is 2.08. The van der Waals surface area contributed by atoms with E-state index in [1.54, 1.807) is 11.3 Å². The van der Waals surface area contributed by atoms with Crippen LogP contribution in [0.4, 0.5) is 5.00 Å². The Hall–Kier alpha value is -1.85. The van der Waals surface area contributed by atoms with Crippen molar-refractivity contribution in [3.05, 3.63) is 21.8 Å². The molecule has 2 aromatic rings. The Morgan fingerprint density at radius 1 is 1.26 bits per heavy atom. The first-order chi connectivity index (χ1) is 14.8. The largest absolute Gasteiger partial charge is 0.316 e. The van der Waals surface area contributed by atoms with Gasteiger partial charge in [0.2, 0.25) is 5.91 Å². The molecule has 5 rings (SSSR count). The van der Waals surface area contributed by atoms with E-state index in [0.717, 1.165) is 40.8 Å². The normalized spacial score (nSPS) is 20.9. The molecule has 3 aliphatic carbocycles. The third-order valence-corrected chi connectivity index (χ3v) is 8.85. The van der Waals surface area contributed by atoms with Gasteiger partial charge in [-0.15, -0.1) is 21.5 Å². The molecule has 0 aromatic carbocycles. The number of hydrogen-bond donors (Lipinski definition) is 1. The highest BCUT2D eigenvalue weighted by Gasteiger charge is 2.36. The summed E-state index contributed by atoms with van der Waals surface area (Å²) in [6, 6.07) is 2.87. The van der Waals surface area contributed by atoms with E-state index in [1.165, 1.54) is 42.3 Å². The Morgan fingerprint density at radius 3 is 2.68 bits per heavy atom. The van der Waals surface area contributed by atoms with E-state index in [1.807, 2.05) is 0 Å². The van der Waals surface area contributed by atoms with Crippen LogP contribution in [0, 0.1) is 22.7 Å². The van der Waals surface area contributed by atoms with Crippen LogP contribution in [0.15, 0.2) is 5.16 Å². The molecule has 0 bridgehead atoms. The van der Waals surface area contributed by atoms with Crippen LogP contribution in [0.25, 0.3) is 0 Å². The quantitative estimate of drug-likeness (QED) is 0.597. The first-order valence-corrected chi connectivity index (χ1v) is 13.1. The van der Waals surface area contributed by atoms with Crippen molar-refractivity contribution in [2.24, 2.45) is 11.3 Å². The summed E-state index contributed by atoms with van der Waals surface area (Å²) in [7, 11) is 0. The topological polar surface area (TPSA) is 83.6 Å². The second-order valence-electron chi connectivity index (χ2n) is 10.2. The Balaban J connectivity index is 1.27. The predicted octanol–water partition coefficient (Wildman–Crippen LogP) is 5.31. The fraction of sp³-hybridized carbons (Fsp3) is 0.652. The molecule has 0 spiro atoms. The van der Waals surface area contributed by atoms with E-state index in [0.29, 0.717) is 23.4 Å². The Kier molecular flexibility index (Phi) is 5.38. The maximum Gasteiger partial charge on any atom is 0.235 e. The van der Waals surface area contributed by atoms with Crippen LogP contribution in [0.1, 0.15) is 86.7 Å². The van der Waals surface area contributed by atoms with Crippen LogP contribution < -0.4 is 5.32 Å². The van der Waals surface area contributed by atoms with E-state index < -0.39 is 0 Å². The van der Waals surface area contributed by atoms with Crippen molar-refractivity contribution in [3.8, 4) is 6.07 Å². The molecule has 31 heavy (non-hydrogen) atoms. The molecular formula is C23H29N5OS2. The van der Waals surface area contributed by atoms with Gasteiger partial charge in [0, 0.05) is 16.8 Å². The van der Waals surface area contributed by atoms with Gasteiger partial charge in [-0.05, 0) is 61.8 Å². The number of carbonyl (C=O) groups is 1. The van der Waals surface area contributed by atoms with E-state index >= 15 is 0 Å². The third-order valence-electron chi connectivity index (χ3n) is 6.73. The average molecular weight is 456 g/mol. The number of aromatic nitrogens is 3. The molecule has 8 heteroatoms. The number of nitrogens with zero attached hydrogens (tertiary/aromatic N) is 4. The zero-order chi connectivity index (χ0) is 21.8. The minimum absolute atomic E-state index is 0.0780. The maximum atomic E-state index is 12.7. The zero-order valence-electron chi connectivity index (χ0n) is 18.4. The number of fused-ring (bicyclic) bond motifs is 1. The van der Waals surface area contributed by atoms with Gasteiger partial charge in [-0.2, -0.15) is 5.26 Å². The number of amides is 1. The fourth-order valence-corrected chi connectivity index (χ4v) is 6.61. The van der Waals surface area contributed by atoms with Crippen molar-refractivity contribution in [2.75, 3.05) is 11.1 Å². The van der Waals surface area contributed by atoms with Crippen LogP contribution >= 0.6 is 23.1 Å². The first kappa shape index (κ1) is 21.0. The van der Waals surface area contributed by atoms with E-state index in [9.17, 15) is 10.1 Å². The summed E-state index contributed by atoms with van der Waals surface area (Å²) in [5.74, 6) is 2.48. The fourth-order valence-electron chi connectivity index (χ4n) is 4.51. The van der Waals surface area contributed by atoms with Gasteiger partial charge in [-0.25, -0.2) is 0 Å². The number of nitriles is 1. The summed E-state index contributed by atoms with van der Waals surface area (Å²) in [6.45, 7) is 6.86. The van der Waals surface area contributed by atoms with Gasteiger partial charge in [0.05, 0.1) is 11.3 Å². The molecule has 1 unspecified atom stereocenters. The molecule has 1 atom stereocenters. The van der Waals surface area contributed by atoms with E-state index in [4.69, 9.17) is 0 Å². The standard InChI is InChI=1S/C23H29N5OS2/c1-23(2,3)14-6-9-16-17(11-24)21(31-18(16)10-14)25-19(29)12-30-22-27-26-20(13-4-5-13)28(22)15-7-8-15/h13-15H,4-10,12H2,1-3H3,(H,25,29). The molecule has 2 aromatic heterocycles. The summed E-state index contributed by atoms with van der Waals surface area (Å²) in [4.78, 5) is 14.0. The van der Waals surface area contributed by atoms with Crippen molar-refractivity contribution in [2.45, 2.75) is 82.8 Å². The molecule has 2 heterocycles. The lowest BCUT2D eigenvalue weighted by atomic mass is 9.72. The number of thioether (sulfide) groups is 1. The molecular weight excluding hydrogens is 426 g/mol. The molecule has 1 amide bonds. The highest BCUT2D eigenvalue weighted by Crippen LogP contribution is 2.46. The Morgan fingerprint density at radius 2 is 2.03 bits per heavy atom. The summed E-state index contributed by atoms with van der Waals surface area (Å²) < 4.78 is 2.27. The van der Waals surface area contributed by atoms with Gasteiger partial charge in [0.15, 0.2) is 5.16 Å². The number of rotatable bonds is 6. The Labute approximate surface area is 191 Å². The van der Waals surface area contributed by atoms with Gasteiger partial charge >= 0.3 is 0 Å². The van der Waals surface area contributed by atoms with Gasteiger partial charge in [0.1, 0.15) is 16.9 Å². The lowest BCUT2D eigenvalue weighted by molar-refractivity contribution is -0.113. The second-order valence-corrected chi connectivity index (χ2v) is 12.2. The predicted molar refractivity (Wildman–Crippen MR) is 124 cm³/mol. The lowest BCUT2D eigenvalue weighted by Crippen LogP contribution is -2.26. The number of carbonyl (C=O) groups excluding carboxylic acids is 1. The molecule has 1 N–H and O–H groups in total. The van der Waals surface area contributed by atoms with Crippen molar-refractivity contribution in [3.63, 3.8) is 0 Å². The SMILES string of the molecule is CC(C)(C)C1CCc2c(sc(NC(=O)CSc3nnc(C4CC4)n3C3CC3)c2C#N)C1. The van der Waals surface area contributed by atoms with Gasteiger partial charge in [0.25, 0.3) is 0 Å². The number of thiophene rings is 1. The molecule has 0 radical (unpaired) electrons. The third kappa shape index (κ3) is 4.27. The van der Waals surface area contributed by atoms with Crippen LogP contribution in [0.2, 0.25) is 0 Å². The van der Waals surface area contributed by atoms with Gasteiger partial charge in [-0.3, -0.25) is 4.79 Å². The first-order valence-electron chi connectivity index (χ1n) is 11.3. The smallest absolute Gasteiger partial charge is 0.235 e. The van der Waals surface area contributed by atoms with Crippen molar-refractivity contribution >= 4 is 34.0 Å². The summed E-state index contributed by atoms with van der Waals surface area (Å²) in [5, 5.41) is 23.2. The highest BCUT2D eigenvalue weighted by atomic mass is 32.2. The van der Waals surface area contributed by atoms with Crippen molar-refractivity contribution in [1.82, 2.24) is 14.8 Å². The van der Waals surface area contributed by atoms with Crippen LogP contribution in [0.5, 0.6) is 0 Å². The number of hydrogen-bond acceptors (Lipinski definition) is 6. The number of nitrogens with one attached hydrogen (secondary N) is 1. The summed E-state index contributed by atoms with van der Waals surface area (Å²) >= 11 is 3.05. The second kappa shape index (κ2) is 7.93. The molecule has 2 saturated carbocycles. The zero-order valence-corrected chi connectivity index (χ0v) is 20.0. The molecule has 0 saturated heterocycles. The summed E-state index contributed by atoms with van der Waals surface area (Å²) in [6.07, 6.45) is 7.79. The molecule has 164 valence electrons. The molecule has 0 aliphatic heterocycles. The highest BCUT2D eigenvalue weighted by molar-refractivity contribution is 7.99. The molecule has 2 fully saturated rings. The van der Waals surface area contributed by atoms with Crippen LogP contribution in [0.3, 0.4) is 0 Å². The van der Waals surface area contributed by atoms with Crippen molar-refractivity contribution in [1.29, 1.82) is 5.26 Å². The van der Waals surface area contributed by atoms with E-state index in [2.05, 4.69) is 46.9 Å². The lowest BCUT2D eigenvalue weighted by Gasteiger charge is -2.33. The molecule has 6 nitrogen and oxygen atoms in total. The van der Waals surface area contributed by atoms with Crippen molar-refractivity contribution < 1.29 is 4.79 Å². The van der Waals surface area contributed by atoms with Crippen LogP contribution in [-0.4, -0.2) is 26.4 Å². The Bertz CT molecular complexity index is 1050. The van der Waals surface area contributed by atoms with E-state index in [-0.39, 0.29) is 17.1 Å². The maximum absolute atomic E-state index is 12.7. The molecule has 3 aliphatic rings. The van der Waals surface area contributed by atoms with Gasteiger partial charge in [-0.1, -0.05) is 32.5 Å². The van der Waals surface area contributed by atoms with Gasteiger partial charge < -0.3 is 9.88 Å². The van der Waals surface area contributed by atoms with Crippen LogP contribution in [-0.2, 0) is 17.6 Å². The minimum atomic E-state index is -0.0780.